The maximum atomic E-state index is 13.2. The molecule has 3 rings (SSSR count). The molecule has 2 aromatic rings. The number of carbonyl (C=O) groups is 1. The van der Waals surface area contributed by atoms with Gasteiger partial charge in [0.1, 0.15) is 6.10 Å². The van der Waals surface area contributed by atoms with Gasteiger partial charge in [0.25, 0.3) is 0 Å². The first kappa shape index (κ1) is 15.9. The van der Waals surface area contributed by atoms with Crippen LogP contribution < -0.4 is 0 Å². The van der Waals surface area contributed by atoms with Gasteiger partial charge in [0.2, 0.25) is 0 Å². The van der Waals surface area contributed by atoms with Gasteiger partial charge < -0.3 is 9.47 Å². The fourth-order valence-corrected chi connectivity index (χ4v) is 3.10. The Bertz CT molecular complexity index is 683. The summed E-state index contributed by atoms with van der Waals surface area (Å²) in [6, 6.07) is 19.1. The van der Waals surface area contributed by atoms with Crippen LogP contribution in [-0.4, -0.2) is 17.2 Å². The van der Waals surface area contributed by atoms with Crippen LogP contribution in [0.5, 0.6) is 0 Å². The molecule has 120 valence electrons. The van der Waals surface area contributed by atoms with Gasteiger partial charge in [-0.15, -0.1) is 0 Å². The summed E-state index contributed by atoms with van der Waals surface area (Å²) in [5.41, 5.74) is 0.546. The van der Waals surface area contributed by atoms with Crippen LogP contribution in [-0.2, 0) is 9.47 Å². The van der Waals surface area contributed by atoms with E-state index >= 15 is 0 Å². The van der Waals surface area contributed by atoms with Gasteiger partial charge in [-0.25, -0.2) is 0 Å². The molecule has 0 spiro atoms. The lowest BCUT2D eigenvalue weighted by Crippen LogP contribution is -2.41. The second-order valence-electron chi connectivity index (χ2n) is 6.30. The SMILES string of the molecule is CCC1(C)OC(c2ccccc2)C(C)(C(=O)c2ccccc2)O1. The Morgan fingerprint density at radius 1 is 1.00 bits per heavy atom. The fraction of sp³-hybridized carbons (Fsp3) is 0.350. The first-order valence-corrected chi connectivity index (χ1v) is 8.01. The third kappa shape index (κ3) is 2.82. The number of rotatable bonds is 4. The van der Waals surface area contributed by atoms with E-state index in [-0.39, 0.29) is 5.78 Å². The molecule has 1 saturated heterocycles. The van der Waals surface area contributed by atoms with Crippen LogP contribution in [0.15, 0.2) is 60.7 Å². The highest BCUT2D eigenvalue weighted by Crippen LogP contribution is 2.48. The highest BCUT2D eigenvalue weighted by Gasteiger charge is 2.56. The molecule has 3 atom stereocenters. The van der Waals surface area contributed by atoms with Gasteiger partial charge in [-0.3, -0.25) is 4.79 Å². The third-order valence-corrected chi connectivity index (χ3v) is 4.53. The molecule has 3 unspecified atom stereocenters. The van der Waals surface area contributed by atoms with Crippen LogP contribution in [0.4, 0.5) is 0 Å². The molecule has 3 heteroatoms. The van der Waals surface area contributed by atoms with Crippen LogP contribution in [0, 0.1) is 0 Å². The van der Waals surface area contributed by atoms with Gasteiger partial charge in [-0.1, -0.05) is 67.6 Å². The second kappa shape index (κ2) is 5.91. The van der Waals surface area contributed by atoms with E-state index in [0.717, 1.165) is 5.56 Å². The van der Waals surface area contributed by atoms with E-state index in [9.17, 15) is 4.79 Å². The van der Waals surface area contributed by atoms with Crippen LogP contribution in [0.2, 0.25) is 0 Å². The van der Waals surface area contributed by atoms with Gasteiger partial charge in [0.15, 0.2) is 17.2 Å². The van der Waals surface area contributed by atoms with E-state index in [0.29, 0.717) is 12.0 Å². The number of ether oxygens (including phenoxy) is 2. The normalized spacial score (nSPS) is 30.3. The molecule has 1 heterocycles. The minimum Gasteiger partial charge on any atom is -0.339 e. The maximum Gasteiger partial charge on any atom is 0.197 e. The van der Waals surface area contributed by atoms with Gasteiger partial charge >= 0.3 is 0 Å². The molecule has 0 amide bonds. The summed E-state index contributed by atoms with van der Waals surface area (Å²) in [4.78, 5) is 13.2. The summed E-state index contributed by atoms with van der Waals surface area (Å²) >= 11 is 0. The molecule has 0 aliphatic carbocycles. The summed E-state index contributed by atoms with van der Waals surface area (Å²) in [6.07, 6.45) is 0.245. The molecule has 1 fully saturated rings. The van der Waals surface area contributed by atoms with Crippen molar-refractivity contribution in [2.45, 2.75) is 44.7 Å². The van der Waals surface area contributed by atoms with Crippen molar-refractivity contribution in [2.75, 3.05) is 0 Å². The van der Waals surface area contributed by atoms with Crippen molar-refractivity contribution >= 4 is 5.78 Å². The number of carbonyl (C=O) groups excluding carboxylic acids is 1. The van der Waals surface area contributed by atoms with Gasteiger partial charge in [0, 0.05) is 5.56 Å². The molecule has 3 nitrogen and oxygen atoms in total. The zero-order valence-electron chi connectivity index (χ0n) is 13.8. The minimum absolute atomic E-state index is 0.0517. The van der Waals surface area contributed by atoms with Crippen molar-refractivity contribution in [3.05, 3.63) is 71.8 Å². The number of hydrogen-bond donors (Lipinski definition) is 0. The Labute approximate surface area is 137 Å². The highest BCUT2D eigenvalue weighted by atomic mass is 16.8. The molecule has 2 aromatic carbocycles. The van der Waals surface area contributed by atoms with Crippen LogP contribution in [0.1, 0.15) is 49.2 Å². The smallest absolute Gasteiger partial charge is 0.197 e. The van der Waals surface area contributed by atoms with Crippen molar-refractivity contribution in [1.82, 2.24) is 0 Å². The summed E-state index contributed by atoms with van der Waals surface area (Å²) in [5.74, 6) is -0.816. The first-order valence-electron chi connectivity index (χ1n) is 8.01. The van der Waals surface area contributed by atoms with Gasteiger partial charge in [-0.05, 0) is 25.8 Å². The van der Waals surface area contributed by atoms with Gasteiger partial charge in [0.05, 0.1) is 0 Å². The monoisotopic (exact) mass is 310 g/mol. The number of Topliss-reactive ketones (excluding diaryl/α,β-unsaturated/α-hetero) is 1. The first-order chi connectivity index (χ1) is 11.0. The Hall–Kier alpha value is -1.97. The third-order valence-electron chi connectivity index (χ3n) is 4.53. The van der Waals surface area contributed by atoms with E-state index in [1.165, 1.54) is 0 Å². The molecule has 1 aliphatic rings. The van der Waals surface area contributed by atoms with E-state index in [1.807, 2.05) is 81.4 Å². The maximum absolute atomic E-state index is 13.2. The molecule has 0 saturated carbocycles. The van der Waals surface area contributed by atoms with E-state index in [2.05, 4.69) is 0 Å². The second-order valence-corrected chi connectivity index (χ2v) is 6.30. The minimum atomic E-state index is -1.05. The number of hydrogen-bond acceptors (Lipinski definition) is 3. The lowest BCUT2D eigenvalue weighted by Gasteiger charge is -2.28. The van der Waals surface area contributed by atoms with Crippen LogP contribution >= 0.6 is 0 Å². The van der Waals surface area contributed by atoms with Crippen LogP contribution in [0.25, 0.3) is 0 Å². The van der Waals surface area contributed by atoms with E-state index in [1.54, 1.807) is 0 Å². The molecule has 0 radical (unpaired) electrons. The lowest BCUT2D eigenvalue weighted by molar-refractivity contribution is -0.169. The summed E-state index contributed by atoms with van der Waals surface area (Å²) in [6.45, 7) is 5.73. The molecule has 0 N–H and O–H groups in total. The zero-order chi connectivity index (χ0) is 16.5. The summed E-state index contributed by atoms with van der Waals surface area (Å²) < 4.78 is 12.4. The van der Waals surface area contributed by atoms with Crippen molar-refractivity contribution in [3.63, 3.8) is 0 Å². The molecular weight excluding hydrogens is 288 g/mol. The average molecular weight is 310 g/mol. The molecule has 0 bridgehead atoms. The average Bonchev–Trinajstić information content (AvgIpc) is 2.89. The molecule has 0 aromatic heterocycles. The number of benzene rings is 2. The van der Waals surface area contributed by atoms with Crippen molar-refractivity contribution < 1.29 is 14.3 Å². The Morgan fingerprint density at radius 2 is 1.57 bits per heavy atom. The van der Waals surface area contributed by atoms with Crippen molar-refractivity contribution in [3.8, 4) is 0 Å². The van der Waals surface area contributed by atoms with E-state index in [4.69, 9.17) is 9.47 Å². The summed E-state index contributed by atoms with van der Waals surface area (Å²) in [7, 11) is 0. The van der Waals surface area contributed by atoms with Crippen LogP contribution in [0.3, 0.4) is 0 Å². The predicted molar refractivity (Wildman–Crippen MR) is 89.2 cm³/mol. The van der Waals surface area contributed by atoms with Crippen molar-refractivity contribution in [2.24, 2.45) is 0 Å². The van der Waals surface area contributed by atoms with E-state index < -0.39 is 17.5 Å². The Balaban J connectivity index is 2.04. The largest absolute Gasteiger partial charge is 0.339 e. The molecule has 23 heavy (non-hydrogen) atoms. The zero-order valence-corrected chi connectivity index (χ0v) is 13.8. The molecular formula is C20H22O3. The predicted octanol–water partition coefficient (Wildman–Crippen LogP) is 4.54. The quantitative estimate of drug-likeness (QED) is 0.778. The Kier molecular flexibility index (Phi) is 4.09. The summed E-state index contributed by atoms with van der Waals surface area (Å²) in [5, 5.41) is 0. The van der Waals surface area contributed by atoms with Crippen molar-refractivity contribution in [1.29, 1.82) is 0 Å². The highest BCUT2D eigenvalue weighted by molar-refractivity contribution is 6.03. The standard InChI is InChI=1S/C20H22O3/c1-4-19(2)22-18(16-13-9-6-10-14-16)20(3,23-19)17(21)15-11-7-5-8-12-15/h5-14,18H,4H2,1-3H3. The fourth-order valence-electron chi connectivity index (χ4n) is 3.10. The topological polar surface area (TPSA) is 35.5 Å². The number of ketones is 1. The van der Waals surface area contributed by atoms with Gasteiger partial charge in [-0.2, -0.15) is 0 Å². The Morgan fingerprint density at radius 3 is 2.13 bits per heavy atom. The molecule has 1 aliphatic heterocycles. The lowest BCUT2D eigenvalue weighted by atomic mass is 9.86.